The molecule has 3 nitrogen and oxygen atoms in total. The number of β-amino-alcohol motifs (C(OH)–C–C–N with tert-alkyl or cyclic N) is 1. The van der Waals surface area contributed by atoms with Gasteiger partial charge in [0.05, 0.1) is 6.10 Å². The van der Waals surface area contributed by atoms with Crippen molar-refractivity contribution >= 4 is 17.0 Å². The van der Waals surface area contributed by atoms with Crippen LogP contribution in [0.2, 0.25) is 0 Å². The maximum Gasteiger partial charge on any atom is 0.279 e. The Hall–Kier alpha value is -0.220. The smallest absolute Gasteiger partial charge is 0.279 e. The van der Waals surface area contributed by atoms with Gasteiger partial charge in [-0.15, -0.1) is 0 Å². The third-order valence-corrected chi connectivity index (χ3v) is 1.85. The molecule has 0 saturated carbocycles. The molecule has 0 aromatic heterocycles. The van der Waals surface area contributed by atoms with Gasteiger partial charge in [0, 0.05) is 12.3 Å². The maximum atomic E-state index is 10.3. The largest absolute Gasteiger partial charge is 0.390 e. The number of carbonyl (C=O) groups excluding carboxylic acids is 1. The molecule has 8 heavy (non-hydrogen) atoms. The van der Waals surface area contributed by atoms with Crippen LogP contribution in [0.4, 0.5) is 4.79 Å². The van der Waals surface area contributed by atoms with Crippen LogP contribution in [0.3, 0.4) is 0 Å². The van der Waals surface area contributed by atoms with Crippen molar-refractivity contribution in [3.8, 4) is 0 Å². The van der Waals surface area contributed by atoms with Crippen LogP contribution in [-0.2, 0) is 0 Å². The van der Waals surface area contributed by atoms with Gasteiger partial charge in [-0.1, -0.05) is 11.8 Å². The molecule has 0 spiro atoms. The average molecular weight is 133 g/mol. The lowest BCUT2D eigenvalue weighted by molar-refractivity contribution is 0.192. The number of aliphatic hydroxyl groups excluding tert-OH is 1. The molecule has 1 heterocycles. The highest BCUT2D eigenvalue weighted by molar-refractivity contribution is 8.13. The summed E-state index contributed by atoms with van der Waals surface area (Å²) in [7, 11) is 0. The number of carbonyl (C=O) groups is 1. The van der Waals surface area contributed by atoms with Gasteiger partial charge in [-0.2, -0.15) is 0 Å². The van der Waals surface area contributed by atoms with E-state index in [9.17, 15) is 4.79 Å². The van der Waals surface area contributed by atoms with Crippen LogP contribution in [0.5, 0.6) is 0 Å². The molecule has 1 unspecified atom stereocenters. The molecule has 0 bridgehead atoms. The monoisotopic (exact) mass is 133 g/mol. The van der Waals surface area contributed by atoms with Gasteiger partial charge in [-0.3, -0.25) is 4.79 Å². The van der Waals surface area contributed by atoms with Gasteiger partial charge in [0.25, 0.3) is 5.24 Å². The van der Waals surface area contributed by atoms with E-state index in [-0.39, 0.29) is 11.3 Å². The molecule has 0 aromatic rings. The Balaban J connectivity index is 2.29. The Morgan fingerprint density at radius 1 is 1.88 bits per heavy atom. The Bertz CT molecular complexity index is 96.2. The lowest BCUT2D eigenvalue weighted by atomic mass is 10.4. The Kier molecular flexibility index (Phi) is 1.75. The SMILES string of the molecule is O=C1NCC(O)CS1. The maximum absolute atomic E-state index is 10.3. The molecule has 2 N–H and O–H groups in total. The van der Waals surface area contributed by atoms with Crippen LogP contribution >= 0.6 is 11.8 Å². The minimum Gasteiger partial charge on any atom is -0.390 e. The fraction of sp³-hybridized carbons (Fsp3) is 0.750. The lowest BCUT2D eigenvalue weighted by Gasteiger charge is -2.15. The van der Waals surface area contributed by atoms with E-state index in [4.69, 9.17) is 5.11 Å². The van der Waals surface area contributed by atoms with Crippen molar-refractivity contribution in [2.75, 3.05) is 12.3 Å². The van der Waals surface area contributed by atoms with E-state index in [1.807, 2.05) is 0 Å². The second kappa shape index (κ2) is 2.37. The molecule has 0 aromatic carbocycles. The number of hydrogen-bond donors (Lipinski definition) is 2. The van der Waals surface area contributed by atoms with E-state index in [1.165, 1.54) is 0 Å². The van der Waals surface area contributed by atoms with Crippen LogP contribution in [0, 0.1) is 0 Å². The summed E-state index contributed by atoms with van der Waals surface area (Å²) in [5.74, 6) is 0.534. The molecule has 1 aliphatic rings. The van der Waals surface area contributed by atoms with Crippen LogP contribution < -0.4 is 5.32 Å². The summed E-state index contributed by atoms with van der Waals surface area (Å²) < 4.78 is 0. The summed E-state index contributed by atoms with van der Waals surface area (Å²) in [5.41, 5.74) is 0. The summed E-state index contributed by atoms with van der Waals surface area (Å²) >= 11 is 1.13. The molecule has 4 heteroatoms. The number of aliphatic hydroxyl groups is 1. The molecule has 46 valence electrons. The van der Waals surface area contributed by atoms with Gasteiger partial charge in [-0.05, 0) is 0 Å². The molecule has 1 saturated heterocycles. The number of hydrogen-bond acceptors (Lipinski definition) is 3. The highest BCUT2D eigenvalue weighted by Gasteiger charge is 2.14. The first kappa shape index (κ1) is 5.91. The Morgan fingerprint density at radius 2 is 2.62 bits per heavy atom. The normalized spacial score (nSPS) is 29.6. The predicted octanol–water partition coefficient (Wildman–Crippen LogP) is -0.196. The number of rotatable bonds is 0. The minimum atomic E-state index is -0.349. The molecule has 1 aliphatic heterocycles. The van der Waals surface area contributed by atoms with Gasteiger partial charge in [0.1, 0.15) is 0 Å². The molecule has 1 amide bonds. The topological polar surface area (TPSA) is 49.3 Å². The van der Waals surface area contributed by atoms with E-state index >= 15 is 0 Å². The van der Waals surface area contributed by atoms with Crippen LogP contribution in [-0.4, -0.2) is 28.7 Å². The van der Waals surface area contributed by atoms with E-state index in [1.54, 1.807) is 0 Å². The molecule has 1 atom stereocenters. The quantitative estimate of drug-likeness (QED) is 0.481. The van der Waals surface area contributed by atoms with Crippen molar-refractivity contribution in [2.45, 2.75) is 6.10 Å². The summed E-state index contributed by atoms with van der Waals surface area (Å²) in [6, 6.07) is 0. The highest BCUT2D eigenvalue weighted by Crippen LogP contribution is 2.07. The lowest BCUT2D eigenvalue weighted by Crippen LogP contribution is -2.36. The van der Waals surface area contributed by atoms with E-state index in [0.717, 1.165) is 11.8 Å². The zero-order valence-corrected chi connectivity index (χ0v) is 5.07. The summed E-state index contributed by atoms with van der Waals surface area (Å²) in [4.78, 5) is 10.3. The van der Waals surface area contributed by atoms with Gasteiger partial charge >= 0.3 is 0 Å². The number of nitrogens with one attached hydrogen (secondary N) is 1. The number of thioether (sulfide) groups is 1. The van der Waals surface area contributed by atoms with Crippen molar-refractivity contribution in [2.24, 2.45) is 0 Å². The molecule has 1 rings (SSSR count). The molecular weight excluding hydrogens is 126 g/mol. The fourth-order valence-corrected chi connectivity index (χ4v) is 1.13. The summed E-state index contributed by atoms with van der Waals surface area (Å²) in [5, 5.41) is 11.3. The zero-order chi connectivity index (χ0) is 5.98. The molecule has 0 aliphatic carbocycles. The second-order valence-corrected chi connectivity index (χ2v) is 2.63. The Morgan fingerprint density at radius 3 is 3.00 bits per heavy atom. The predicted molar refractivity (Wildman–Crippen MR) is 31.9 cm³/mol. The third kappa shape index (κ3) is 1.38. The molecule has 1 fully saturated rings. The van der Waals surface area contributed by atoms with Gasteiger partial charge in [0.2, 0.25) is 0 Å². The third-order valence-electron chi connectivity index (χ3n) is 0.889. The average Bonchev–Trinajstić information content (AvgIpc) is 1.77. The van der Waals surface area contributed by atoms with Crippen LogP contribution in [0.1, 0.15) is 0 Å². The van der Waals surface area contributed by atoms with Crippen LogP contribution in [0.15, 0.2) is 0 Å². The van der Waals surface area contributed by atoms with E-state index in [0.29, 0.717) is 12.3 Å². The van der Waals surface area contributed by atoms with E-state index < -0.39 is 0 Å². The van der Waals surface area contributed by atoms with Gasteiger partial charge in [-0.25, -0.2) is 0 Å². The molecular formula is C4H7NO2S. The van der Waals surface area contributed by atoms with Crippen molar-refractivity contribution in [1.29, 1.82) is 0 Å². The molecule has 0 radical (unpaired) electrons. The van der Waals surface area contributed by atoms with Gasteiger partial charge in [0.15, 0.2) is 0 Å². The summed E-state index contributed by atoms with van der Waals surface area (Å²) in [6.45, 7) is 0.409. The highest BCUT2D eigenvalue weighted by atomic mass is 32.2. The fourth-order valence-electron chi connectivity index (χ4n) is 0.483. The zero-order valence-electron chi connectivity index (χ0n) is 4.26. The first-order chi connectivity index (χ1) is 3.79. The standard InChI is InChI=1S/C4H7NO2S/c6-3-1-5-4(7)8-2-3/h3,6H,1-2H2,(H,5,7). The first-order valence-corrected chi connectivity index (χ1v) is 3.36. The van der Waals surface area contributed by atoms with Crippen molar-refractivity contribution in [3.05, 3.63) is 0 Å². The number of amides is 1. The summed E-state index contributed by atoms with van der Waals surface area (Å²) in [6.07, 6.45) is -0.349. The van der Waals surface area contributed by atoms with Crippen molar-refractivity contribution in [1.82, 2.24) is 5.32 Å². The van der Waals surface area contributed by atoms with Crippen LogP contribution in [0.25, 0.3) is 0 Å². The minimum absolute atomic E-state index is 0.0321. The first-order valence-electron chi connectivity index (χ1n) is 2.38. The Labute approximate surface area is 51.5 Å². The van der Waals surface area contributed by atoms with Crippen molar-refractivity contribution < 1.29 is 9.90 Å². The second-order valence-electron chi connectivity index (χ2n) is 1.63. The van der Waals surface area contributed by atoms with E-state index in [2.05, 4.69) is 5.32 Å². The van der Waals surface area contributed by atoms with Gasteiger partial charge < -0.3 is 10.4 Å². The van der Waals surface area contributed by atoms with Crippen molar-refractivity contribution in [3.63, 3.8) is 0 Å².